The summed E-state index contributed by atoms with van der Waals surface area (Å²) in [6.07, 6.45) is 3.59. The van der Waals surface area contributed by atoms with Gasteiger partial charge in [0.1, 0.15) is 0 Å². The predicted molar refractivity (Wildman–Crippen MR) is 93.5 cm³/mol. The minimum absolute atomic E-state index is 0.0610. The van der Waals surface area contributed by atoms with Crippen molar-refractivity contribution in [2.24, 2.45) is 0 Å². The predicted octanol–water partition coefficient (Wildman–Crippen LogP) is 4.03. The number of carbonyl (C=O) groups is 2. The van der Waals surface area contributed by atoms with Crippen LogP contribution in [0, 0.1) is 0 Å². The molecule has 1 aliphatic heterocycles. The van der Waals surface area contributed by atoms with Crippen LogP contribution >= 0.6 is 11.3 Å². The standard InChI is InChI=1S/C19H19NO2S/c21-17(18-7-4-14-23-18)8-9-19(22)20-12-10-16(11-13-20)15-5-2-1-3-6-15/h1-7,10,14H,8-9,11-13H2. The van der Waals surface area contributed by atoms with Gasteiger partial charge in [0.25, 0.3) is 0 Å². The smallest absolute Gasteiger partial charge is 0.223 e. The molecule has 23 heavy (non-hydrogen) atoms. The first kappa shape index (κ1) is 15.7. The molecule has 4 heteroatoms. The van der Waals surface area contributed by atoms with E-state index in [4.69, 9.17) is 0 Å². The lowest BCUT2D eigenvalue weighted by Gasteiger charge is -2.26. The highest BCUT2D eigenvalue weighted by Gasteiger charge is 2.19. The molecule has 0 radical (unpaired) electrons. The molecule has 1 aromatic heterocycles. The third kappa shape index (κ3) is 3.96. The van der Waals surface area contributed by atoms with E-state index in [0.29, 0.717) is 19.4 Å². The maximum absolute atomic E-state index is 12.3. The van der Waals surface area contributed by atoms with E-state index in [2.05, 4.69) is 18.2 Å². The first-order valence-electron chi connectivity index (χ1n) is 7.83. The van der Waals surface area contributed by atoms with E-state index in [1.165, 1.54) is 22.5 Å². The molecule has 3 rings (SSSR count). The molecule has 2 aromatic rings. The first-order chi connectivity index (χ1) is 11.2. The second-order valence-corrected chi connectivity index (χ2v) is 6.53. The van der Waals surface area contributed by atoms with E-state index < -0.39 is 0 Å². The van der Waals surface area contributed by atoms with Crippen molar-refractivity contribution in [3.8, 4) is 0 Å². The second kappa shape index (κ2) is 7.38. The van der Waals surface area contributed by atoms with E-state index >= 15 is 0 Å². The maximum atomic E-state index is 12.3. The van der Waals surface area contributed by atoms with Gasteiger partial charge in [-0.25, -0.2) is 0 Å². The van der Waals surface area contributed by atoms with E-state index in [9.17, 15) is 9.59 Å². The largest absolute Gasteiger partial charge is 0.339 e. The summed E-state index contributed by atoms with van der Waals surface area (Å²) in [5, 5.41) is 1.88. The Morgan fingerprint density at radius 2 is 1.87 bits per heavy atom. The van der Waals surface area contributed by atoms with Crippen LogP contribution in [0.4, 0.5) is 0 Å². The maximum Gasteiger partial charge on any atom is 0.223 e. The van der Waals surface area contributed by atoms with Gasteiger partial charge < -0.3 is 4.90 Å². The highest BCUT2D eigenvalue weighted by molar-refractivity contribution is 7.12. The Morgan fingerprint density at radius 1 is 1.04 bits per heavy atom. The van der Waals surface area contributed by atoms with Gasteiger partial charge in [-0.1, -0.05) is 42.5 Å². The number of rotatable bonds is 5. The summed E-state index contributed by atoms with van der Waals surface area (Å²) in [7, 11) is 0. The third-order valence-corrected chi connectivity index (χ3v) is 4.98. The quantitative estimate of drug-likeness (QED) is 0.778. The molecule has 0 fully saturated rings. The minimum atomic E-state index is 0.0610. The molecule has 1 aromatic carbocycles. The summed E-state index contributed by atoms with van der Waals surface area (Å²) in [6, 6.07) is 13.9. The van der Waals surface area contributed by atoms with Gasteiger partial charge in [-0.2, -0.15) is 0 Å². The molecule has 1 amide bonds. The number of thiophene rings is 1. The van der Waals surface area contributed by atoms with Gasteiger partial charge in [-0.05, 0) is 29.0 Å². The van der Waals surface area contributed by atoms with Crippen LogP contribution < -0.4 is 0 Å². The zero-order valence-electron chi connectivity index (χ0n) is 12.9. The number of hydrogen-bond donors (Lipinski definition) is 0. The highest BCUT2D eigenvalue weighted by Crippen LogP contribution is 2.22. The normalized spacial score (nSPS) is 14.4. The Morgan fingerprint density at radius 3 is 2.52 bits per heavy atom. The molecule has 0 unspecified atom stereocenters. The fourth-order valence-corrected chi connectivity index (χ4v) is 3.44. The average Bonchev–Trinajstić information content (AvgIpc) is 3.15. The molecule has 0 aliphatic carbocycles. The third-order valence-electron chi connectivity index (χ3n) is 4.07. The summed E-state index contributed by atoms with van der Waals surface area (Å²) in [4.78, 5) is 26.8. The molecule has 0 spiro atoms. The number of benzene rings is 1. The monoisotopic (exact) mass is 325 g/mol. The summed E-state index contributed by atoms with van der Waals surface area (Å²) in [5.74, 6) is 0.129. The summed E-state index contributed by atoms with van der Waals surface area (Å²) < 4.78 is 0. The van der Waals surface area contributed by atoms with Gasteiger partial charge >= 0.3 is 0 Å². The lowest BCUT2D eigenvalue weighted by atomic mass is 9.99. The Labute approximate surface area is 140 Å². The molecule has 0 N–H and O–H groups in total. The van der Waals surface area contributed by atoms with Gasteiger partial charge in [0.2, 0.25) is 5.91 Å². The zero-order chi connectivity index (χ0) is 16.1. The molecule has 0 bridgehead atoms. The van der Waals surface area contributed by atoms with Crippen LogP contribution in [-0.4, -0.2) is 29.7 Å². The number of amides is 1. The fraction of sp³-hybridized carbons (Fsp3) is 0.263. The van der Waals surface area contributed by atoms with Crippen molar-refractivity contribution in [1.29, 1.82) is 0 Å². The highest BCUT2D eigenvalue weighted by atomic mass is 32.1. The van der Waals surface area contributed by atoms with Crippen molar-refractivity contribution in [3.63, 3.8) is 0 Å². The molecular formula is C19H19NO2S. The van der Waals surface area contributed by atoms with Crippen LogP contribution in [0.15, 0.2) is 53.9 Å². The molecule has 3 nitrogen and oxygen atoms in total. The van der Waals surface area contributed by atoms with Crippen LogP contribution in [0.3, 0.4) is 0 Å². The first-order valence-corrected chi connectivity index (χ1v) is 8.71. The number of Topliss-reactive ketones (excluding diaryl/α,β-unsaturated/α-hetero) is 1. The number of hydrogen-bond acceptors (Lipinski definition) is 3. The van der Waals surface area contributed by atoms with Crippen LogP contribution in [0.5, 0.6) is 0 Å². The molecule has 0 atom stereocenters. The molecule has 0 saturated carbocycles. The SMILES string of the molecule is O=C(CCC(=O)N1CC=C(c2ccccc2)CC1)c1cccs1. The molecule has 1 aliphatic rings. The molecular weight excluding hydrogens is 306 g/mol. The molecule has 118 valence electrons. The fourth-order valence-electron chi connectivity index (χ4n) is 2.75. The van der Waals surface area contributed by atoms with Crippen molar-refractivity contribution >= 4 is 28.6 Å². The average molecular weight is 325 g/mol. The second-order valence-electron chi connectivity index (χ2n) is 5.59. The van der Waals surface area contributed by atoms with E-state index in [-0.39, 0.29) is 11.7 Å². The van der Waals surface area contributed by atoms with E-state index in [1.54, 1.807) is 0 Å². The Kier molecular flexibility index (Phi) is 5.03. The topological polar surface area (TPSA) is 37.4 Å². The van der Waals surface area contributed by atoms with Crippen molar-refractivity contribution in [3.05, 3.63) is 64.4 Å². The number of ketones is 1. The summed E-state index contributed by atoms with van der Waals surface area (Å²) in [5.41, 5.74) is 2.52. The Bertz CT molecular complexity index is 704. The van der Waals surface area contributed by atoms with Crippen LogP contribution in [-0.2, 0) is 4.79 Å². The molecule has 2 heterocycles. The van der Waals surface area contributed by atoms with Gasteiger partial charge in [0.05, 0.1) is 4.88 Å². The van der Waals surface area contributed by atoms with E-state index in [0.717, 1.165) is 17.8 Å². The van der Waals surface area contributed by atoms with Crippen molar-refractivity contribution < 1.29 is 9.59 Å². The van der Waals surface area contributed by atoms with Crippen molar-refractivity contribution in [2.45, 2.75) is 19.3 Å². The lowest BCUT2D eigenvalue weighted by molar-refractivity contribution is -0.130. The lowest BCUT2D eigenvalue weighted by Crippen LogP contribution is -2.34. The van der Waals surface area contributed by atoms with Gasteiger partial charge in [-0.15, -0.1) is 11.3 Å². The Balaban J connectivity index is 1.52. The molecule has 0 saturated heterocycles. The van der Waals surface area contributed by atoms with Gasteiger partial charge in [-0.3, -0.25) is 9.59 Å². The van der Waals surface area contributed by atoms with Gasteiger partial charge in [0, 0.05) is 25.9 Å². The number of carbonyl (C=O) groups excluding carboxylic acids is 2. The summed E-state index contributed by atoms with van der Waals surface area (Å²) >= 11 is 1.43. The minimum Gasteiger partial charge on any atom is -0.339 e. The van der Waals surface area contributed by atoms with Crippen molar-refractivity contribution in [2.75, 3.05) is 13.1 Å². The van der Waals surface area contributed by atoms with Crippen LogP contribution in [0.1, 0.15) is 34.5 Å². The number of nitrogens with zero attached hydrogens (tertiary/aromatic N) is 1. The van der Waals surface area contributed by atoms with E-state index in [1.807, 2.05) is 40.6 Å². The van der Waals surface area contributed by atoms with Gasteiger partial charge in [0.15, 0.2) is 5.78 Å². The summed E-state index contributed by atoms with van der Waals surface area (Å²) in [6.45, 7) is 1.36. The zero-order valence-corrected chi connectivity index (χ0v) is 13.7. The Hall–Kier alpha value is -2.20. The van der Waals surface area contributed by atoms with Crippen molar-refractivity contribution in [1.82, 2.24) is 4.90 Å². The van der Waals surface area contributed by atoms with Crippen LogP contribution in [0.25, 0.3) is 5.57 Å². The van der Waals surface area contributed by atoms with Crippen LogP contribution in [0.2, 0.25) is 0 Å².